The van der Waals surface area contributed by atoms with Crippen LogP contribution >= 0.6 is 11.3 Å². The molecule has 2 aromatic carbocycles. The van der Waals surface area contributed by atoms with Crippen molar-refractivity contribution in [2.24, 2.45) is 0 Å². The molecule has 2 heterocycles. The molecule has 5 nitrogen and oxygen atoms in total. The fraction of sp³-hybridized carbons (Fsp3) is 0.292. The number of hydrogen-bond donors (Lipinski definition) is 1. The van der Waals surface area contributed by atoms with E-state index in [1.165, 1.54) is 23.5 Å². The second-order valence-electron chi connectivity index (χ2n) is 7.61. The van der Waals surface area contributed by atoms with Crippen LogP contribution in [-0.2, 0) is 0 Å². The first kappa shape index (κ1) is 21.2. The molecule has 7 heteroatoms. The van der Waals surface area contributed by atoms with Crippen LogP contribution in [0, 0.1) is 12.7 Å². The Hall–Kier alpha value is -3.06. The maximum atomic E-state index is 13.9. The van der Waals surface area contributed by atoms with Crippen molar-refractivity contribution in [1.29, 1.82) is 0 Å². The summed E-state index contributed by atoms with van der Waals surface area (Å²) in [5.41, 5.74) is 1.44. The van der Waals surface area contributed by atoms with Crippen molar-refractivity contribution in [2.75, 3.05) is 13.1 Å². The van der Waals surface area contributed by atoms with Crippen molar-refractivity contribution < 1.29 is 14.0 Å². The van der Waals surface area contributed by atoms with Gasteiger partial charge in [0.25, 0.3) is 11.8 Å². The maximum absolute atomic E-state index is 13.9. The van der Waals surface area contributed by atoms with Crippen LogP contribution in [0.2, 0.25) is 0 Å². The van der Waals surface area contributed by atoms with Gasteiger partial charge in [0.2, 0.25) is 0 Å². The van der Waals surface area contributed by atoms with Crippen molar-refractivity contribution in [3.05, 3.63) is 76.7 Å². The minimum atomic E-state index is -0.554. The Labute approximate surface area is 184 Å². The molecule has 1 aliphatic heterocycles. The first-order valence-corrected chi connectivity index (χ1v) is 11.2. The Morgan fingerprint density at radius 1 is 1.13 bits per heavy atom. The summed E-state index contributed by atoms with van der Waals surface area (Å²) in [5, 5.41) is 3.64. The summed E-state index contributed by atoms with van der Waals surface area (Å²) >= 11 is 1.51. The molecule has 0 spiro atoms. The highest BCUT2D eigenvalue weighted by Crippen LogP contribution is 2.32. The summed E-state index contributed by atoms with van der Waals surface area (Å²) in [6.45, 7) is 2.79. The van der Waals surface area contributed by atoms with E-state index in [1.54, 1.807) is 12.1 Å². The zero-order valence-electron chi connectivity index (χ0n) is 17.3. The fourth-order valence-corrected chi connectivity index (χ4v) is 4.84. The van der Waals surface area contributed by atoms with Gasteiger partial charge in [0, 0.05) is 19.1 Å². The quantitative estimate of drug-likeness (QED) is 0.630. The SMILES string of the molecule is Cc1nc(C(=O)N2CCCCC2CNC(=O)c2ccccc2F)c(-c2ccccc2)s1. The monoisotopic (exact) mass is 437 g/mol. The molecule has 0 bridgehead atoms. The van der Waals surface area contributed by atoms with Crippen molar-refractivity contribution in [1.82, 2.24) is 15.2 Å². The summed E-state index contributed by atoms with van der Waals surface area (Å²) in [4.78, 5) is 33.1. The highest BCUT2D eigenvalue weighted by atomic mass is 32.1. The number of halogens is 1. The third kappa shape index (κ3) is 4.66. The zero-order valence-corrected chi connectivity index (χ0v) is 18.1. The second-order valence-corrected chi connectivity index (χ2v) is 8.82. The number of benzene rings is 2. The van der Waals surface area contributed by atoms with Crippen LogP contribution < -0.4 is 5.32 Å². The highest BCUT2D eigenvalue weighted by Gasteiger charge is 2.31. The van der Waals surface area contributed by atoms with Crippen LogP contribution in [0.1, 0.15) is 45.1 Å². The minimum absolute atomic E-state index is 0.0117. The number of piperidine rings is 1. The van der Waals surface area contributed by atoms with E-state index in [2.05, 4.69) is 10.3 Å². The number of thiazole rings is 1. The van der Waals surface area contributed by atoms with E-state index in [4.69, 9.17) is 0 Å². The van der Waals surface area contributed by atoms with E-state index in [9.17, 15) is 14.0 Å². The fourth-order valence-electron chi connectivity index (χ4n) is 3.92. The van der Waals surface area contributed by atoms with Gasteiger partial charge in [-0.25, -0.2) is 9.37 Å². The van der Waals surface area contributed by atoms with E-state index >= 15 is 0 Å². The molecule has 31 heavy (non-hydrogen) atoms. The van der Waals surface area contributed by atoms with Crippen molar-refractivity contribution in [3.8, 4) is 10.4 Å². The Morgan fingerprint density at radius 3 is 2.65 bits per heavy atom. The number of aryl methyl sites for hydroxylation is 1. The number of nitrogens with zero attached hydrogens (tertiary/aromatic N) is 2. The standard InChI is InChI=1S/C24H24FN3O2S/c1-16-27-21(22(31-16)17-9-3-2-4-10-17)24(30)28-14-8-7-11-18(28)15-26-23(29)19-12-5-6-13-20(19)25/h2-6,9-10,12-13,18H,7-8,11,14-15H2,1H3,(H,26,29). The lowest BCUT2D eigenvalue weighted by Crippen LogP contribution is -2.49. The van der Waals surface area contributed by atoms with Gasteiger partial charge in [0.1, 0.15) is 11.5 Å². The largest absolute Gasteiger partial charge is 0.350 e. The number of carbonyl (C=O) groups excluding carboxylic acids is 2. The first-order chi connectivity index (χ1) is 15.0. The van der Waals surface area contributed by atoms with Gasteiger partial charge in [-0.3, -0.25) is 9.59 Å². The van der Waals surface area contributed by atoms with Crippen LogP contribution in [0.5, 0.6) is 0 Å². The Morgan fingerprint density at radius 2 is 1.87 bits per heavy atom. The van der Waals surface area contributed by atoms with Gasteiger partial charge < -0.3 is 10.2 Å². The molecule has 4 rings (SSSR count). The smallest absolute Gasteiger partial charge is 0.274 e. The van der Waals surface area contributed by atoms with Crippen LogP contribution in [0.15, 0.2) is 54.6 Å². The molecule has 1 saturated heterocycles. The molecule has 1 fully saturated rings. The van der Waals surface area contributed by atoms with E-state index in [1.807, 2.05) is 42.2 Å². The summed E-state index contributed by atoms with van der Waals surface area (Å²) < 4.78 is 13.9. The number of nitrogens with one attached hydrogen (secondary N) is 1. The van der Waals surface area contributed by atoms with Crippen LogP contribution in [0.25, 0.3) is 10.4 Å². The van der Waals surface area contributed by atoms with Crippen molar-refractivity contribution >= 4 is 23.2 Å². The number of aromatic nitrogens is 1. The molecule has 1 atom stereocenters. The average molecular weight is 438 g/mol. The lowest BCUT2D eigenvalue weighted by Gasteiger charge is -2.35. The van der Waals surface area contributed by atoms with Gasteiger partial charge in [-0.15, -0.1) is 11.3 Å². The minimum Gasteiger partial charge on any atom is -0.350 e. The van der Waals surface area contributed by atoms with E-state index in [0.717, 1.165) is 34.7 Å². The number of amides is 2. The average Bonchev–Trinajstić information content (AvgIpc) is 3.20. The molecular formula is C24H24FN3O2S. The lowest BCUT2D eigenvalue weighted by molar-refractivity contribution is 0.0597. The third-order valence-corrected chi connectivity index (χ3v) is 6.50. The number of hydrogen-bond acceptors (Lipinski definition) is 4. The molecular weight excluding hydrogens is 413 g/mol. The molecule has 1 aliphatic rings. The predicted octanol–water partition coefficient (Wildman–Crippen LogP) is 4.68. The molecule has 2 amide bonds. The first-order valence-electron chi connectivity index (χ1n) is 10.4. The van der Waals surface area contributed by atoms with Gasteiger partial charge in [0.15, 0.2) is 0 Å². The maximum Gasteiger partial charge on any atom is 0.274 e. The van der Waals surface area contributed by atoms with Crippen LogP contribution in [-0.4, -0.2) is 40.8 Å². The number of carbonyl (C=O) groups is 2. The van der Waals surface area contributed by atoms with Gasteiger partial charge in [0.05, 0.1) is 15.4 Å². The Bertz CT molecular complexity index is 1080. The molecule has 3 aromatic rings. The molecule has 0 radical (unpaired) electrons. The molecule has 1 N–H and O–H groups in total. The molecule has 1 aromatic heterocycles. The summed E-state index contributed by atoms with van der Waals surface area (Å²) in [6.07, 6.45) is 2.67. The summed E-state index contributed by atoms with van der Waals surface area (Å²) in [5.74, 6) is -1.14. The van der Waals surface area contributed by atoms with Crippen LogP contribution in [0.4, 0.5) is 4.39 Å². The number of rotatable bonds is 5. The molecule has 1 unspecified atom stereocenters. The normalized spacial score (nSPS) is 16.2. The highest BCUT2D eigenvalue weighted by molar-refractivity contribution is 7.15. The van der Waals surface area contributed by atoms with E-state index in [0.29, 0.717) is 12.2 Å². The molecule has 160 valence electrons. The topological polar surface area (TPSA) is 62.3 Å². The Balaban J connectivity index is 1.52. The van der Waals surface area contributed by atoms with E-state index in [-0.39, 0.29) is 24.1 Å². The van der Waals surface area contributed by atoms with Crippen molar-refractivity contribution in [3.63, 3.8) is 0 Å². The molecule has 0 saturated carbocycles. The lowest BCUT2D eigenvalue weighted by atomic mass is 10.0. The molecule has 0 aliphatic carbocycles. The van der Waals surface area contributed by atoms with Gasteiger partial charge in [-0.05, 0) is 43.9 Å². The summed E-state index contributed by atoms with van der Waals surface area (Å²) in [7, 11) is 0. The van der Waals surface area contributed by atoms with Crippen LogP contribution in [0.3, 0.4) is 0 Å². The number of likely N-dealkylation sites (tertiary alicyclic amines) is 1. The predicted molar refractivity (Wildman–Crippen MR) is 120 cm³/mol. The van der Waals surface area contributed by atoms with Gasteiger partial charge in [-0.1, -0.05) is 42.5 Å². The van der Waals surface area contributed by atoms with Crippen molar-refractivity contribution in [2.45, 2.75) is 32.2 Å². The van der Waals surface area contributed by atoms with E-state index < -0.39 is 11.7 Å². The Kier molecular flexibility index (Phi) is 6.42. The summed E-state index contributed by atoms with van der Waals surface area (Å²) in [6, 6.07) is 15.5. The van der Waals surface area contributed by atoms with Gasteiger partial charge >= 0.3 is 0 Å². The second kappa shape index (κ2) is 9.39. The van der Waals surface area contributed by atoms with Gasteiger partial charge in [-0.2, -0.15) is 0 Å². The zero-order chi connectivity index (χ0) is 21.8. The third-order valence-electron chi connectivity index (χ3n) is 5.48.